The number of aromatic nitrogens is 1. The zero-order valence-corrected chi connectivity index (χ0v) is 11.2. The van der Waals surface area contributed by atoms with Crippen LogP contribution in [0.5, 0.6) is 0 Å². The average Bonchev–Trinajstić information content (AvgIpc) is 2.67. The summed E-state index contributed by atoms with van der Waals surface area (Å²) in [6.07, 6.45) is 10.4. The zero-order valence-electron chi connectivity index (χ0n) is 11.2. The van der Waals surface area contributed by atoms with Crippen LogP contribution in [0.3, 0.4) is 0 Å². The largest absolute Gasteiger partial charge is 0.261 e. The fourth-order valence-corrected chi connectivity index (χ4v) is 3.14. The van der Waals surface area contributed by atoms with Crippen LogP contribution < -0.4 is 0 Å². The van der Waals surface area contributed by atoms with Crippen molar-refractivity contribution in [3.05, 3.63) is 41.7 Å². The molecule has 1 aliphatic carbocycles. The van der Waals surface area contributed by atoms with Gasteiger partial charge in [0.05, 0.1) is 0 Å². The Labute approximate surface area is 109 Å². The molecule has 1 aliphatic rings. The van der Waals surface area contributed by atoms with Crippen LogP contribution in [-0.4, -0.2) is 4.98 Å². The van der Waals surface area contributed by atoms with Gasteiger partial charge in [-0.25, -0.2) is 0 Å². The van der Waals surface area contributed by atoms with E-state index >= 15 is 0 Å². The minimum Gasteiger partial charge on any atom is -0.261 e. The van der Waals surface area contributed by atoms with Gasteiger partial charge in [-0.3, -0.25) is 4.98 Å². The number of nitrogens with zero attached hydrogens (tertiary/aromatic N) is 1. The lowest BCUT2D eigenvalue weighted by molar-refractivity contribution is 0.593. The number of rotatable bonds is 1. The molecule has 18 heavy (non-hydrogen) atoms. The molecule has 0 bridgehead atoms. The monoisotopic (exact) mass is 239 g/mol. The second kappa shape index (κ2) is 5.09. The average molecular weight is 239 g/mol. The first-order valence-electron chi connectivity index (χ1n) is 7.19. The zero-order chi connectivity index (χ0) is 12.4. The van der Waals surface area contributed by atoms with Gasteiger partial charge in [-0.15, -0.1) is 0 Å². The summed E-state index contributed by atoms with van der Waals surface area (Å²) in [4.78, 5) is 4.41. The fraction of sp³-hybridized carbons (Fsp3) is 0.471. The van der Waals surface area contributed by atoms with Gasteiger partial charge >= 0.3 is 0 Å². The fourth-order valence-electron chi connectivity index (χ4n) is 3.14. The summed E-state index contributed by atoms with van der Waals surface area (Å²) in [5.41, 5.74) is 2.62. The first-order valence-corrected chi connectivity index (χ1v) is 7.19. The molecule has 0 amide bonds. The smallest absolute Gasteiger partial charge is 0.0379 e. The standard InChI is InChI=1S/C17H21N/c1-13-10-15-8-9-16(11-17(15)12-18-13)14-6-4-2-3-5-7-14/h8-12,14H,2-7H2,1H3. The Hall–Kier alpha value is -1.37. The van der Waals surface area contributed by atoms with Gasteiger partial charge in [0, 0.05) is 17.3 Å². The lowest BCUT2D eigenvalue weighted by atomic mass is 9.90. The van der Waals surface area contributed by atoms with Gasteiger partial charge in [0.25, 0.3) is 0 Å². The van der Waals surface area contributed by atoms with Crippen LogP contribution in [0.2, 0.25) is 0 Å². The topological polar surface area (TPSA) is 12.9 Å². The number of fused-ring (bicyclic) bond motifs is 1. The summed E-state index contributed by atoms with van der Waals surface area (Å²) in [7, 11) is 0. The van der Waals surface area contributed by atoms with Crippen molar-refractivity contribution in [2.45, 2.75) is 51.4 Å². The van der Waals surface area contributed by atoms with Crippen molar-refractivity contribution < 1.29 is 0 Å². The van der Waals surface area contributed by atoms with Gasteiger partial charge in [-0.1, -0.05) is 37.8 Å². The molecule has 3 rings (SSSR count). The first kappa shape index (κ1) is 11.7. The Morgan fingerprint density at radius 2 is 1.72 bits per heavy atom. The molecule has 1 saturated carbocycles. The van der Waals surface area contributed by atoms with Crippen molar-refractivity contribution in [1.29, 1.82) is 0 Å². The van der Waals surface area contributed by atoms with E-state index in [0.29, 0.717) is 0 Å². The summed E-state index contributed by atoms with van der Waals surface area (Å²) >= 11 is 0. The van der Waals surface area contributed by atoms with Crippen LogP contribution in [0.1, 0.15) is 55.7 Å². The highest BCUT2D eigenvalue weighted by atomic mass is 14.6. The second-order valence-electron chi connectivity index (χ2n) is 5.62. The molecule has 0 saturated heterocycles. The SMILES string of the molecule is Cc1cc2ccc(C3CCCCCC3)cc2cn1. The lowest BCUT2D eigenvalue weighted by Gasteiger charge is -2.15. The maximum atomic E-state index is 4.41. The Balaban J connectivity index is 1.94. The normalized spacial score (nSPS) is 17.8. The van der Waals surface area contributed by atoms with E-state index in [9.17, 15) is 0 Å². The molecule has 0 atom stereocenters. The van der Waals surface area contributed by atoms with E-state index in [1.54, 1.807) is 0 Å². The molecular formula is C17H21N. The van der Waals surface area contributed by atoms with Gasteiger partial charge in [0.15, 0.2) is 0 Å². The van der Waals surface area contributed by atoms with E-state index < -0.39 is 0 Å². The molecule has 0 unspecified atom stereocenters. The van der Waals surface area contributed by atoms with E-state index in [0.717, 1.165) is 11.6 Å². The lowest BCUT2D eigenvalue weighted by Crippen LogP contribution is -1.97. The third kappa shape index (κ3) is 2.40. The Bertz CT molecular complexity index is 536. The van der Waals surface area contributed by atoms with E-state index in [1.165, 1.54) is 54.9 Å². The molecule has 1 nitrogen and oxygen atoms in total. The highest BCUT2D eigenvalue weighted by molar-refractivity contribution is 5.82. The molecule has 1 fully saturated rings. The van der Waals surface area contributed by atoms with Crippen LogP contribution >= 0.6 is 0 Å². The number of hydrogen-bond acceptors (Lipinski definition) is 1. The van der Waals surface area contributed by atoms with Gasteiger partial charge in [0.1, 0.15) is 0 Å². The van der Waals surface area contributed by atoms with Gasteiger partial charge < -0.3 is 0 Å². The highest BCUT2D eigenvalue weighted by Crippen LogP contribution is 2.32. The van der Waals surface area contributed by atoms with Crippen LogP contribution in [0.4, 0.5) is 0 Å². The van der Waals surface area contributed by atoms with E-state index in [2.05, 4.69) is 36.2 Å². The molecule has 1 aromatic heterocycles. The van der Waals surface area contributed by atoms with Crippen LogP contribution in [-0.2, 0) is 0 Å². The molecular weight excluding hydrogens is 218 g/mol. The van der Waals surface area contributed by atoms with Crippen molar-refractivity contribution in [1.82, 2.24) is 4.98 Å². The molecule has 0 spiro atoms. The highest BCUT2D eigenvalue weighted by Gasteiger charge is 2.14. The van der Waals surface area contributed by atoms with Crippen molar-refractivity contribution >= 4 is 10.8 Å². The van der Waals surface area contributed by atoms with Crippen molar-refractivity contribution in [3.63, 3.8) is 0 Å². The van der Waals surface area contributed by atoms with Crippen LogP contribution in [0, 0.1) is 6.92 Å². The summed E-state index contributed by atoms with van der Waals surface area (Å²) < 4.78 is 0. The predicted octanol–water partition coefficient (Wildman–Crippen LogP) is 4.98. The number of benzene rings is 1. The number of aryl methyl sites for hydroxylation is 1. The quantitative estimate of drug-likeness (QED) is 0.639. The Morgan fingerprint density at radius 1 is 0.944 bits per heavy atom. The predicted molar refractivity (Wildman–Crippen MR) is 76.9 cm³/mol. The summed E-state index contributed by atoms with van der Waals surface area (Å²) in [5.74, 6) is 0.776. The molecule has 0 N–H and O–H groups in total. The molecule has 1 heteroatoms. The van der Waals surface area contributed by atoms with Crippen molar-refractivity contribution in [2.24, 2.45) is 0 Å². The van der Waals surface area contributed by atoms with Crippen molar-refractivity contribution in [2.75, 3.05) is 0 Å². The van der Waals surface area contributed by atoms with E-state index in [4.69, 9.17) is 0 Å². The molecule has 94 valence electrons. The molecule has 0 radical (unpaired) electrons. The van der Waals surface area contributed by atoms with Crippen molar-refractivity contribution in [3.8, 4) is 0 Å². The number of hydrogen-bond donors (Lipinski definition) is 0. The molecule has 1 aromatic carbocycles. The van der Waals surface area contributed by atoms with Crippen LogP contribution in [0.15, 0.2) is 30.5 Å². The molecule has 2 aromatic rings. The number of pyridine rings is 1. The van der Waals surface area contributed by atoms with Gasteiger partial charge in [-0.2, -0.15) is 0 Å². The maximum absolute atomic E-state index is 4.41. The molecule has 1 heterocycles. The van der Waals surface area contributed by atoms with E-state index in [-0.39, 0.29) is 0 Å². The minimum atomic E-state index is 0.776. The third-order valence-electron chi connectivity index (χ3n) is 4.21. The minimum absolute atomic E-state index is 0.776. The third-order valence-corrected chi connectivity index (χ3v) is 4.21. The van der Waals surface area contributed by atoms with E-state index in [1.807, 2.05) is 6.20 Å². The first-order chi connectivity index (χ1) is 8.83. The van der Waals surface area contributed by atoms with Gasteiger partial charge in [0.2, 0.25) is 0 Å². The Morgan fingerprint density at radius 3 is 2.50 bits per heavy atom. The molecule has 0 aliphatic heterocycles. The second-order valence-corrected chi connectivity index (χ2v) is 5.62. The summed E-state index contributed by atoms with van der Waals surface area (Å²) in [5, 5.41) is 2.61. The Kier molecular flexibility index (Phi) is 3.31. The maximum Gasteiger partial charge on any atom is 0.0379 e. The summed E-state index contributed by atoms with van der Waals surface area (Å²) in [6, 6.07) is 9.13. The summed E-state index contributed by atoms with van der Waals surface area (Å²) in [6.45, 7) is 2.05. The van der Waals surface area contributed by atoms with Crippen LogP contribution in [0.25, 0.3) is 10.8 Å². The van der Waals surface area contributed by atoms with Gasteiger partial charge in [-0.05, 0) is 48.8 Å².